The summed E-state index contributed by atoms with van der Waals surface area (Å²) in [5.74, 6) is 1.34. The summed E-state index contributed by atoms with van der Waals surface area (Å²) in [5, 5.41) is 3.32. The van der Waals surface area contributed by atoms with Crippen molar-refractivity contribution in [1.29, 1.82) is 0 Å². The first-order chi connectivity index (χ1) is 10.5. The second kappa shape index (κ2) is 6.28. The lowest BCUT2D eigenvalue weighted by molar-refractivity contribution is -0.137. The number of hydrogen-bond donors (Lipinski definition) is 1. The molecule has 2 heterocycles. The van der Waals surface area contributed by atoms with E-state index in [0.717, 1.165) is 55.9 Å². The van der Waals surface area contributed by atoms with Gasteiger partial charge >= 0.3 is 6.18 Å². The quantitative estimate of drug-likeness (QED) is 0.926. The minimum atomic E-state index is -4.30. The van der Waals surface area contributed by atoms with E-state index >= 15 is 0 Å². The van der Waals surface area contributed by atoms with Crippen LogP contribution in [0.3, 0.4) is 0 Å². The molecule has 22 heavy (non-hydrogen) atoms. The highest BCUT2D eigenvalue weighted by Gasteiger charge is 2.31. The number of rotatable bonds is 3. The summed E-state index contributed by atoms with van der Waals surface area (Å²) < 4.78 is 43.5. The number of benzene rings is 1. The van der Waals surface area contributed by atoms with Crippen molar-refractivity contribution in [2.24, 2.45) is 10.9 Å². The molecule has 120 valence electrons. The van der Waals surface area contributed by atoms with Crippen LogP contribution in [0.4, 0.5) is 13.2 Å². The fourth-order valence-electron chi connectivity index (χ4n) is 2.93. The number of alkyl halides is 3. The van der Waals surface area contributed by atoms with Crippen LogP contribution in [-0.2, 0) is 10.9 Å². The van der Waals surface area contributed by atoms with E-state index in [1.165, 1.54) is 12.1 Å². The van der Waals surface area contributed by atoms with Gasteiger partial charge in [0.25, 0.3) is 0 Å². The van der Waals surface area contributed by atoms with E-state index < -0.39 is 11.7 Å². The molecular weight excluding hydrogens is 293 g/mol. The second-order valence-corrected chi connectivity index (χ2v) is 5.86. The molecule has 1 aromatic rings. The topological polar surface area (TPSA) is 33.6 Å². The van der Waals surface area contributed by atoms with E-state index in [1.807, 2.05) is 0 Å². The maximum atomic E-state index is 12.6. The normalized spacial score (nSPS) is 23.2. The molecule has 0 bridgehead atoms. The fourth-order valence-corrected chi connectivity index (χ4v) is 2.93. The van der Waals surface area contributed by atoms with Gasteiger partial charge in [-0.1, -0.05) is 12.1 Å². The van der Waals surface area contributed by atoms with Crippen molar-refractivity contribution >= 4 is 5.90 Å². The Hall–Kier alpha value is -1.56. The maximum Gasteiger partial charge on any atom is 0.416 e. The summed E-state index contributed by atoms with van der Waals surface area (Å²) in [7, 11) is 0. The van der Waals surface area contributed by atoms with Crippen LogP contribution in [-0.4, -0.2) is 25.5 Å². The van der Waals surface area contributed by atoms with Crippen molar-refractivity contribution in [2.45, 2.75) is 31.5 Å². The first-order valence-corrected chi connectivity index (χ1v) is 7.60. The number of hydrogen-bond acceptors (Lipinski definition) is 3. The van der Waals surface area contributed by atoms with Gasteiger partial charge in [-0.15, -0.1) is 0 Å². The minimum absolute atomic E-state index is 0.251. The van der Waals surface area contributed by atoms with E-state index in [1.54, 1.807) is 0 Å². The van der Waals surface area contributed by atoms with Crippen LogP contribution < -0.4 is 5.32 Å². The van der Waals surface area contributed by atoms with Gasteiger partial charge in [-0.3, -0.25) is 4.99 Å². The van der Waals surface area contributed by atoms with E-state index in [9.17, 15) is 13.2 Å². The summed E-state index contributed by atoms with van der Waals surface area (Å²) >= 11 is 0. The molecule has 2 aliphatic rings. The molecule has 0 spiro atoms. The molecule has 2 aliphatic heterocycles. The highest BCUT2D eigenvalue weighted by Crippen LogP contribution is 2.32. The minimum Gasteiger partial charge on any atom is -0.471 e. The summed E-state index contributed by atoms with van der Waals surface area (Å²) in [6.45, 7) is 2.55. The van der Waals surface area contributed by atoms with Crippen molar-refractivity contribution in [3.63, 3.8) is 0 Å². The molecule has 0 amide bonds. The Bertz CT molecular complexity index is 533. The van der Waals surface area contributed by atoms with Gasteiger partial charge in [0.1, 0.15) is 6.10 Å². The molecule has 3 rings (SSSR count). The van der Waals surface area contributed by atoms with Crippen molar-refractivity contribution in [2.75, 3.05) is 19.6 Å². The summed E-state index contributed by atoms with van der Waals surface area (Å²) in [6, 6.07) is 5.17. The lowest BCUT2D eigenvalue weighted by Gasteiger charge is -2.22. The lowest BCUT2D eigenvalue weighted by atomic mass is 9.95. The first kappa shape index (κ1) is 15.3. The summed E-state index contributed by atoms with van der Waals surface area (Å²) in [6.07, 6.45) is -1.48. The van der Waals surface area contributed by atoms with E-state index in [4.69, 9.17) is 4.74 Å². The molecule has 0 radical (unpaired) electrons. The average molecular weight is 312 g/mol. The van der Waals surface area contributed by atoms with Gasteiger partial charge in [0.15, 0.2) is 5.90 Å². The van der Waals surface area contributed by atoms with Gasteiger partial charge in [-0.05, 0) is 49.5 Å². The highest BCUT2D eigenvalue weighted by atomic mass is 19.4. The Balaban J connectivity index is 1.57. The van der Waals surface area contributed by atoms with Gasteiger partial charge in [0, 0.05) is 6.42 Å². The number of ether oxygens (including phenoxy) is 1. The van der Waals surface area contributed by atoms with E-state index in [2.05, 4.69) is 10.3 Å². The molecule has 1 unspecified atom stereocenters. The Kier molecular flexibility index (Phi) is 4.38. The molecule has 0 aromatic heterocycles. The molecular formula is C16H19F3N2O. The molecule has 0 aliphatic carbocycles. The number of piperidine rings is 1. The fraction of sp³-hybridized carbons (Fsp3) is 0.562. The van der Waals surface area contributed by atoms with Crippen LogP contribution in [0.1, 0.15) is 36.5 Å². The molecule has 6 heteroatoms. The highest BCUT2D eigenvalue weighted by molar-refractivity contribution is 5.78. The average Bonchev–Trinajstić information content (AvgIpc) is 2.96. The largest absolute Gasteiger partial charge is 0.471 e. The Morgan fingerprint density at radius 3 is 2.45 bits per heavy atom. The third kappa shape index (κ3) is 3.61. The molecule has 3 nitrogen and oxygen atoms in total. The molecule has 1 fully saturated rings. The number of nitrogens with one attached hydrogen (secondary N) is 1. The van der Waals surface area contributed by atoms with Crippen LogP contribution >= 0.6 is 0 Å². The zero-order valence-electron chi connectivity index (χ0n) is 12.2. The zero-order chi connectivity index (χ0) is 15.6. The Morgan fingerprint density at radius 1 is 1.14 bits per heavy atom. The zero-order valence-corrected chi connectivity index (χ0v) is 12.2. The van der Waals surface area contributed by atoms with Gasteiger partial charge in [-0.2, -0.15) is 13.2 Å². The Morgan fingerprint density at radius 2 is 1.82 bits per heavy atom. The first-order valence-electron chi connectivity index (χ1n) is 7.60. The van der Waals surface area contributed by atoms with E-state index in [0.29, 0.717) is 12.5 Å². The van der Waals surface area contributed by atoms with Crippen LogP contribution in [0.5, 0.6) is 0 Å². The maximum absolute atomic E-state index is 12.6. The van der Waals surface area contributed by atoms with Crippen molar-refractivity contribution < 1.29 is 17.9 Å². The van der Waals surface area contributed by atoms with Gasteiger partial charge in [0.05, 0.1) is 12.1 Å². The number of aliphatic imine (C=N–C) groups is 1. The van der Waals surface area contributed by atoms with Crippen LogP contribution in [0.25, 0.3) is 0 Å². The predicted octanol–water partition coefficient (Wildman–Crippen LogP) is 3.56. The van der Waals surface area contributed by atoms with Crippen LogP contribution in [0.2, 0.25) is 0 Å². The standard InChI is InChI=1S/C16H19F3N2O/c17-16(18,19)13-3-1-12(2-4-13)14-10-21-15(22-14)9-11-5-7-20-8-6-11/h1-4,11,14,20H,5-10H2. The molecule has 1 atom stereocenters. The third-order valence-corrected chi connectivity index (χ3v) is 4.24. The number of nitrogens with zero attached hydrogens (tertiary/aromatic N) is 1. The van der Waals surface area contributed by atoms with Gasteiger partial charge in [0.2, 0.25) is 0 Å². The second-order valence-electron chi connectivity index (χ2n) is 5.86. The molecule has 1 saturated heterocycles. The van der Waals surface area contributed by atoms with Gasteiger partial charge < -0.3 is 10.1 Å². The van der Waals surface area contributed by atoms with Crippen molar-refractivity contribution in [1.82, 2.24) is 5.32 Å². The smallest absolute Gasteiger partial charge is 0.416 e. The van der Waals surface area contributed by atoms with Crippen molar-refractivity contribution in [3.8, 4) is 0 Å². The third-order valence-electron chi connectivity index (χ3n) is 4.24. The van der Waals surface area contributed by atoms with Crippen molar-refractivity contribution in [3.05, 3.63) is 35.4 Å². The Labute approximate surface area is 127 Å². The summed E-state index contributed by atoms with van der Waals surface area (Å²) in [4.78, 5) is 4.41. The van der Waals surface area contributed by atoms with Crippen LogP contribution in [0, 0.1) is 5.92 Å². The molecule has 1 N–H and O–H groups in total. The van der Waals surface area contributed by atoms with Crippen LogP contribution in [0.15, 0.2) is 29.3 Å². The monoisotopic (exact) mass is 312 g/mol. The summed E-state index contributed by atoms with van der Waals surface area (Å²) in [5.41, 5.74) is 0.113. The van der Waals surface area contributed by atoms with Gasteiger partial charge in [-0.25, -0.2) is 0 Å². The molecule has 1 aromatic carbocycles. The SMILES string of the molecule is FC(F)(F)c1ccc(C2CN=C(CC3CCNCC3)O2)cc1. The lowest BCUT2D eigenvalue weighted by Crippen LogP contribution is -2.29. The van der Waals surface area contributed by atoms with E-state index in [-0.39, 0.29) is 6.10 Å². The predicted molar refractivity (Wildman–Crippen MR) is 77.8 cm³/mol. The number of halogens is 3. The molecule has 0 saturated carbocycles.